The van der Waals surface area contributed by atoms with E-state index in [4.69, 9.17) is 6.42 Å². The van der Waals surface area contributed by atoms with Crippen molar-refractivity contribution in [3.63, 3.8) is 0 Å². The molecule has 0 saturated carbocycles. The Labute approximate surface area is 102 Å². The minimum atomic E-state index is -0.154. The van der Waals surface area contributed by atoms with Crippen LogP contribution in [0.4, 0.5) is 0 Å². The topological polar surface area (TPSA) is 49.3 Å². The van der Waals surface area contributed by atoms with Crippen molar-refractivity contribution in [2.75, 3.05) is 6.54 Å². The molecule has 3 nitrogen and oxygen atoms in total. The summed E-state index contributed by atoms with van der Waals surface area (Å²) < 4.78 is 0. The molecule has 0 saturated heterocycles. The second-order valence-electron chi connectivity index (χ2n) is 3.87. The zero-order chi connectivity index (χ0) is 12.7. The maximum atomic E-state index is 11.8. The third kappa shape index (κ3) is 3.84. The first-order valence-corrected chi connectivity index (χ1v) is 5.67. The molecule has 17 heavy (non-hydrogen) atoms. The Hall–Kier alpha value is -1.95. The first-order chi connectivity index (χ1) is 8.16. The molecule has 0 aliphatic carbocycles. The van der Waals surface area contributed by atoms with Crippen LogP contribution >= 0.6 is 0 Å². The number of carbonyl (C=O) groups excluding carboxylic acids is 1. The van der Waals surface area contributed by atoms with Gasteiger partial charge in [-0.3, -0.25) is 4.79 Å². The van der Waals surface area contributed by atoms with Crippen molar-refractivity contribution in [2.24, 2.45) is 0 Å². The summed E-state index contributed by atoms with van der Waals surface area (Å²) in [7, 11) is 0. The fraction of sp³-hybridized carbons (Fsp3) is 0.357. The van der Waals surface area contributed by atoms with Crippen molar-refractivity contribution in [3.05, 3.63) is 29.3 Å². The van der Waals surface area contributed by atoms with E-state index in [9.17, 15) is 9.90 Å². The molecule has 0 aromatic heterocycles. The number of nitrogens with one attached hydrogen (secondary N) is 1. The molecule has 0 aliphatic heterocycles. The van der Waals surface area contributed by atoms with Gasteiger partial charge in [0, 0.05) is 24.1 Å². The van der Waals surface area contributed by atoms with Crippen LogP contribution in [0.3, 0.4) is 0 Å². The van der Waals surface area contributed by atoms with Crippen LogP contribution in [0, 0.1) is 19.3 Å². The number of phenolic OH excluding ortho intramolecular Hbond substituents is 1. The zero-order valence-corrected chi connectivity index (χ0v) is 9.99. The van der Waals surface area contributed by atoms with Crippen molar-refractivity contribution in [1.29, 1.82) is 0 Å². The molecule has 0 bridgehead atoms. The normalized spacial score (nSPS) is 9.65. The molecule has 0 spiro atoms. The van der Waals surface area contributed by atoms with E-state index in [0.29, 0.717) is 17.7 Å². The highest BCUT2D eigenvalue weighted by molar-refractivity contribution is 5.96. The quantitative estimate of drug-likeness (QED) is 0.603. The standard InChI is InChI=1S/C14H17NO2/c1-3-4-5-6-10-15-14(17)12-8-7-9-13(16)11(12)2/h1,7-9,16H,4-6,10H2,2H3,(H,15,17). The van der Waals surface area contributed by atoms with E-state index in [2.05, 4.69) is 11.2 Å². The van der Waals surface area contributed by atoms with Crippen LogP contribution < -0.4 is 5.32 Å². The highest BCUT2D eigenvalue weighted by atomic mass is 16.3. The third-order valence-electron chi connectivity index (χ3n) is 2.58. The first kappa shape index (κ1) is 13.1. The van der Waals surface area contributed by atoms with Gasteiger partial charge in [0.25, 0.3) is 5.91 Å². The van der Waals surface area contributed by atoms with E-state index >= 15 is 0 Å². The van der Waals surface area contributed by atoms with Gasteiger partial charge in [-0.2, -0.15) is 0 Å². The smallest absolute Gasteiger partial charge is 0.251 e. The van der Waals surface area contributed by atoms with Crippen molar-refractivity contribution in [2.45, 2.75) is 26.2 Å². The van der Waals surface area contributed by atoms with Gasteiger partial charge in [-0.25, -0.2) is 0 Å². The number of aromatic hydroxyl groups is 1. The predicted molar refractivity (Wildman–Crippen MR) is 67.9 cm³/mol. The summed E-state index contributed by atoms with van der Waals surface area (Å²) in [5.41, 5.74) is 1.12. The maximum Gasteiger partial charge on any atom is 0.251 e. The molecule has 0 heterocycles. The van der Waals surface area contributed by atoms with Crippen molar-refractivity contribution < 1.29 is 9.90 Å². The molecule has 0 aliphatic rings. The molecule has 0 radical (unpaired) electrons. The Bertz CT molecular complexity index is 432. The van der Waals surface area contributed by atoms with Gasteiger partial charge in [0.15, 0.2) is 0 Å². The van der Waals surface area contributed by atoms with Crippen LogP contribution in [0.15, 0.2) is 18.2 Å². The number of carbonyl (C=O) groups is 1. The number of amides is 1. The number of hydrogen-bond acceptors (Lipinski definition) is 2. The van der Waals surface area contributed by atoms with E-state index < -0.39 is 0 Å². The van der Waals surface area contributed by atoms with Crippen LogP contribution in [0.25, 0.3) is 0 Å². The van der Waals surface area contributed by atoms with Crippen molar-refractivity contribution in [1.82, 2.24) is 5.32 Å². The average molecular weight is 231 g/mol. The molecule has 1 aromatic carbocycles. The maximum absolute atomic E-state index is 11.8. The van der Waals surface area contributed by atoms with Crippen molar-refractivity contribution in [3.8, 4) is 18.1 Å². The Balaban J connectivity index is 2.48. The predicted octanol–water partition coefficient (Wildman–Crippen LogP) is 2.23. The number of phenols is 1. The SMILES string of the molecule is C#CCCCCNC(=O)c1cccc(O)c1C. The molecular weight excluding hydrogens is 214 g/mol. The molecule has 2 N–H and O–H groups in total. The summed E-state index contributed by atoms with van der Waals surface area (Å²) >= 11 is 0. The van der Waals surface area contributed by atoms with Crippen LogP contribution in [-0.4, -0.2) is 17.6 Å². The minimum Gasteiger partial charge on any atom is -0.508 e. The Morgan fingerprint density at radius 1 is 1.47 bits per heavy atom. The van der Waals surface area contributed by atoms with Gasteiger partial charge in [0.1, 0.15) is 5.75 Å². The van der Waals surface area contributed by atoms with Gasteiger partial charge in [-0.1, -0.05) is 6.07 Å². The molecule has 0 unspecified atom stereocenters. The molecule has 0 fully saturated rings. The minimum absolute atomic E-state index is 0.144. The van der Waals surface area contributed by atoms with Crippen LogP contribution in [0.2, 0.25) is 0 Å². The fourth-order valence-electron chi connectivity index (χ4n) is 1.52. The number of hydrogen-bond donors (Lipinski definition) is 2. The highest BCUT2D eigenvalue weighted by Crippen LogP contribution is 2.19. The number of benzene rings is 1. The summed E-state index contributed by atoms with van der Waals surface area (Å²) in [6, 6.07) is 4.93. The van der Waals surface area contributed by atoms with E-state index in [1.165, 1.54) is 0 Å². The third-order valence-corrected chi connectivity index (χ3v) is 2.58. The van der Waals surface area contributed by atoms with E-state index in [0.717, 1.165) is 19.3 Å². The van der Waals surface area contributed by atoms with Gasteiger partial charge in [0.05, 0.1) is 0 Å². The second-order valence-corrected chi connectivity index (χ2v) is 3.87. The number of rotatable bonds is 5. The second kappa shape index (κ2) is 6.59. The van der Waals surface area contributed by atoms with Crippen LogP contribution in [-0.2, 0) is 0 Å². The highest BCUT2D eigenvalue weighted by Gasteiger charge is 2.10. The lowest BCUT2D eigenvalue weighted by Crippen LogP contribution is -2.25. The summed E-state index contributed by atoms with van der Waals surface area (Å²) in [6.45, 7) is 2.33. The molecule has 1 aromatic rings. The fourth-order valence-corrected chi connectivity index (χ4v) is 1.52. The summed E-state index contributed by atoms with van der Waals surface area (Å²) in [5, 5.41) is 12.3. The molecule has 90 valence electrons. The van der Waals surface area contributed by atoms with Gasteiger partial charge in [-0.15, -0.1) is 12.3 Å². The zero-order valence-electron chi connectivity index (χ0n) is 9.99. The molecule has 0 atom stereocenters. The largest absolute Gasteiger partial charge is 0.508 e. The number of terminal acetylenes is 1. The van der Waals surface area contributed by atoms with Gasteiger partial charge in [0.2, 0.25) is 0 Å². The summed E-state index contributed by atoms with van der Waals surface area (Å²) in [5.74, 6) is 2.55. The first-order valence-electron chi connectivity index (χ1n) is 5.67. The summed E-state index contributed by atoms with van der Waals surface area (Å²) in [4.78, 5) is 11.8. The molecule has 1 amide bonds. The van der Waals surface area contributed by atoms with Gasteiger partial charge >= 0.3 is 0 Å². The average Bonchev–Trinajstić information content (AvgIpc) is 2.32. The molecule has 3 heteroatoms. The van der Waals surface area contributed by atoms with Gasteiger partial charge in [-0.05, 0) is 31.9 Å². The molecule has 1 rings (SSSR count). The van der Waals surface area contributed by atoms with Gasteiger partial charge < -0.3 is 10.4 Å². The van der Waals surface area contributed by atoms with E-state index in [1.807, 2.05) is 0 Å². The lowest BCUT2D eigenvalue weighted by atomic mass is 10.1. The Morgan fingerprint density at radius 3 is 2.94 bits per heavy atom. The van der Waals surface area contributed by atoms with E-state index in [-0.39, 0.29) is 11.7 Å². The van der Waals surface area contributed by atoms with Crippen LogP contribution in [0.5, 0.6) is 5.75 Å². The summed E-state index contributed by atoms with van der Waals surface area (Å²) in [6.07, 6.45) is 7.65. The lowest BCUT2D eigenvalue weighted by Gasteiger charge is -2.08. The Morgan fingerprint density at radius 2 is 2.24 bits per heavy atom. The Kier molecular flexibility index (Phi) is 5.09. The molecular formula is C14H17NO2. The lowest BCUT2D eigenvalue weighted by molar-refractivity contribution is 0.0952. The van der Waals surface area contributed by atoms with Crippen LogP contribution in [0.1, 0.15) is 35.2 Å². The van der Waals surface area contributed by atoms with E-state index in [1.54, 1.807) is 25.1 Å². The van der Waals surface area contributed by atoms with Crippen molar-refractivity contribution >= 4 is 5.91 Å². The number of unbranched alkanes of at least 4 members (excludes halogenated alkanes) is 2. The monoisotopic (exact) mass is 231 g/mol.